The van der Waals surface area contributed by atoms with Crippen LogP contribution < -0.4 is 10.6 Å². The average Bonchev–Trinajstić information content (AvgIpc) is 2.54. The summed E-state index contributed by atoms with van der Waals surface area (Å²) in [6, 6.07) is 9.70. The molecule has 2 atom stereocenters. The van der Waals surface area contributed by atoms with Crippen LogP contribution in [-0.2, 0) is 16.1 Å². The van der Waals surface area contributed by atoms with Crippen LogP contribution in [0.3, 0.4) is 0 Å². The Morgan fingerprint density at radius 3 is 1.87 bits per heavy atom. The molecule has 4 bridgehead atoms. The topological polar surface area (TPSA) is 76.7 Å². The summed E-state index contributed by atoms with van der Waals surface area (Å²) in [7, 11) is 0. The van der Waals surface area contributed by atoms with Crippen molar-refractivity contribution >= 4 is 12.2 Å². The van der Waals surface area contributed by atoms with Crippen molar-refractivity contribution in [2.45, 2.75) is 96.4 Å². The van der Waals surface area contributed by atoms with Crippen LogP contribution in [0.5, 0.6) is 0 Å². The van der Waals surface area contributed by atoms with Gasteiger partial charge in [0.2, 0.25) is 0 Å². The van der Waals surface area contributed by atoms with Crippen LogP contribution in [-0.4, -0.2) is 28.9 Å². The molecule has 0 saturated heterocycles. The second kappa shape index (κ2) is 7.14. The van der Waals surface area contributed by atoms with E-state index in [1.54, 1.807) is 0 Å². The van der Waals surface area contributed by atoms with Gasteiger partial charge in [0.25, 0.3) is 0 Å². The number of amides is 2. The zero-order valence-electron chi connectivity index (χ0n) is 19.5. The van der Waals surface area contributed by atoms with E-state index in [0.29, 0.717) is 6.42 Å². The Bertz CT molecular complexity index is 842. The third-order valence-electron chi connectivity index (χ3n) is 6.94. The normalized spacial score (nSPS) is 36.0. The molecule has 0 aliphatic heterocycles. The maximum Gasteiger partial charge on any atom is 0.408 e. The van der Waals surface area contributed by atoms with E-state index in [0.717, 1.165) is 37.7 Å². The van der Waals surface area contributed by atoms with Crippen LogP contribution in [0.2, 0.25) is 0 Å². The highest BCUT2D eigenvalue weighted by Gasteiger charge is 2.66. The summed E-state index contributed by atoms with van der Waals surface area (Å²) >= 11 is 0. The molecule has 2 amide bonds. The van der Waals surface area contributed by atoms with Crippen LogP contribution in [0.15, 0.2) is 30.3 Å². The zero-order valence-corrected chi connectivity index (χ0v) is 19.5. The summed E-state index contributed by atoms with van der Waals surface area (Å²) in [5, 5.41) is 6.47. The predicted octanol–water partition coefficient (Wildman–Crippen LogP) is 5.31. The van der Waals surface area contributed by atoms with Crippen molar-refractivity contribution in [2.75, 3.05) is 0 Å². The first-order valence-electron chi connectivity index (χ1n) is 11.3. The molecule has 0 heterocycles. The van der Waals surface area contributed by atoms with Gasteiger partial charge in [0.1, 0.15) is 12.2 Å². The number of hydrogen-bond acceptors (Lipinski definition) is 4. The highest BCUT2D eigenvalue weighted by atomic mass is 16.6. The summed E-state index contributed by atoms with van der Waals surface area (Å²) in [5.41, 5.74) is -0.201. The minimum absolute atomic E-state index is 0.0607. The van der Waals surface area contributed by atoms with Gasteiger partial charge < -0.3 is 20.1 Å². The quantitative estimate of drug-likeness (QED) is 0.681. The molecule has 4 fully saturated rings. The summed E-state index contributed by atoms with van der Waals surface area (Å²) in [4.78, 5) is 25.5. The van der Waals surface area contributed by atoms with E-state index in [-0.39, 0.29) is 40.7 Å². The summed E-state index contributed by atoms with van der Waals surface area (Å²) in [5.74, 6) is 0. The third kappa shape index (κ3) is 4.83. The minimum atomic E-state index is -0.544. The van der Waals surface area contributed by atoms with Gasteiger partial charge in [0, 0.05) is 11.1 Å². The molecule has 5 rings (SSSR count). The Kier molecular flexibility index (Phi) is 5.06. The lowest BCUT2D eigenvalue weighted by Gasteiger charge is -2.69. The Morgan fingerprint density at radius 1 is 0.839 bits per heavy atom. The molecule has 6 nitrogen and oxygen atoms in total. The summed E-state index contributed by atoms with van der Waals surface area (Å²) in [6.07, 6.45) is 4.72. The molecule has 2 unspecified atom stereocenters. The van der Waals surface area contributed by atoms with Crippen molar-refractivity contribution in [3.05, 3.63) is 35.9 Å². The van der Waals surface area contributed by atoms with Crippen molar-refractivity contribution in [1.82, 2.24) is 10.6 Å². The van der Waals surface area contributed by atoms with Crippen LogP contribution in [0.1, 0.15) is 78.7 Å². The summed E-state index contributed by atoms with van der Waals surface area (Å²) in [6.45, 7) is 10.5. The van der Waals surface area contributed by atoms with Crippen molar-refractivity contribution < 1.29 is 19.1 Å². The first-order chi connectivity index (χ1) is 14.3. The minimum Gasteiger partial charge on any atom is -0.445 e. The first-order valence-corrected chi connectivity index (χ1v) is 11.3. The van der Waals surface area contributed by atoms with Crippen molar-refractivity contribution in [2.24, 2.45) is 10.8 Å². The van der Waals surface area contributed by atoms with E-state index in [9.17, 15) is 9.59 Å². The molecular weight excluding hydrogens is 392 g/mol. The highest BCUT2D eigenvalue weighted by molar-refractivity contribution is 5.70. The van der Waals surface area contributed by atoms with Crippen LogP contribution in [0, 0.1) is 10.8 Å². The molecule has 0 spiro atoms. The largest absolute Gasteiger partial charge is 0.445 e. The van der Waals surface area contributed by atoms with E-state index in [2.05, 4.69) is 24.5 Å². The fraction of sp³-hybridized carbons (Fsp3) is 0.680. The van der Waals surface area contributed by atoms with E-state index in [1.165, 1.54) is 0 Å². The molecule has 4 aliphatic carbocycles. The lowest BCUT2D eigenvalue weighted by atomic mass is 9.40. The zero-order chi connectivity index (χ0) is 22.5. The monoisotopic (exact) mass is 428 g/mol. The standard InChI is InChI=1S/C25H36N2O4/c1-21(2,3)31-20(29)27-25-15-22(4)12-23(5,16-25)14-24(13-22,17-25)26-19(28)30-11-18-9-7-6-8-10-18/h6-10H,11-17H2,1-5H3,(H,26,28)(H,27,29). The van der Waals surface area contributed by atoms with E-state index in [4.69, 9.17) is 9.47 Å². The molecule has 1 aromatic carbocycles. The number of ether oxygens (including phenoxy) is 2. The first kappa shape index (κ1) is 22.0. The predicted molar refractivity (Wildman–Crippen MR) is 119 cm³/mol. The van der Waals surface area contributed by atoms with E-state index < -0.39 is 5.60 Å². The van der Waals surface area contributed by atoms with Gasteiger partial charge in [-0.2, -0.15) is 0 Å². The molecule has 0 radical (unpaired) electrons. The Balaban J connectivity index is 1.50. The number of rotatable bonds is 4. The average molecular weight is 429 g/mol. The van der Waals surface area contributed by atoms with Gasteiger partial charge in [-0.3, -0.25) is 0 Å². The lowest BCUT2D eigenvalue weighted by molar-refractivity contribution is -0.136. The van der Waals surface area contributed by atoms with Gasteiger partial charge >= 0.3 is 12.2 Å². The SMILES string of the molecule is CC12CC3(C)CC(NC(=O)OCc4ccccc4)(C1)CC(NC(=O)OC(C)(C)C)(C2)C3. The number of benzene rings is 1. The maximum atomic E-state index is 12.8. The molecule has 2 N–H and O–H groups in total. The van der Waals surface area contributed by atoms with E-state index in [1.807, 2.05) is 51.1 Å². The molecule has 6 heteroatoms. The third-order valence-corrected chi connectivity index (χ3v) is 6.94. The number of alkyl carbamates (subject to hydrolysis) is 2. The maximum absolute atomic E-state index is 12.8. The van der Waals surface area contributed by atoms with Gasteiger partial charge in [-0.05, 0) is 75.7 Å². The smallest absolute Gasteiger partial charge is 0.408 e. The van der Waals surface area contributed by atoms with Gasteiger partial charge in [-0.25, -0.2) is 9.59 Å². The molecule has 1 aromatic rings. The summed E-state index contributed by atoms with van der Waals surface area (Å²) < 4.78 is 11.1. The van der Waals surface area contributed by atoms with Crippen LogP contribution in [0.4, 0.5) is 9.59 Å². The number of carbonyl (C=O) groups excluding carboxylic acids is 2. The Labute approximate surface area is 185 Å². The molecule has 31 heavy (non-hydrogen) atoms. The van der Waals surface area contributed by atoms with Gasteiger partial charge in [0.15, 0.2) is 0 Å². The lowest BCUT2D eigenvalue weighted by Crippen LogP contribution is -2.74. The number of hydrogen-bond donors (Lipinski definition) is 2. The van der Waals surface area contributed by atoms with Crippen molar-refractivity contribution in [3.8, 4) is 0 Å². The number of carbonyl (C=O) groups is 2. The Morgan fingerprint density at radius 2 is 1.35 bits per heavy atom. The van der Waals surface area contributed by atoms with Crippen LogP contribution in [0.25, 0.3) is 0 Å². The molecule has 4 aliphatic rings. The van der Waals surface area contributed by atoms with Crippen LogP contribution >= 0.6 is 0 Å². The second-order valence-corrected chi connectivity index (χ2v) is 12.1. The molecule has 0 aromatic heterocycles. The number of nitrogens with one attached hydrogen (secondary N) is 2. The molecule has 4 saturated carbocycles. The fourth-order valence-corrected chi connectivity index (χ4v) is 7.46. The Hall–Kier alpha value is -2.24. The fourth-order valence-electron chi connectivity index (χ4n) is 7.46. The van der Waals surface area contributed by atoms with E-state index >= 15 is 0 Å². The molecule has 170 valence electrons. The van der Waals surface area contributed by atoms with Gasteiger partial charge in [-0.15, -0.1) is 0 Å². The van der Waals surface area contributed by atoms with Gasteiger partial charge in [0.05, 0.1) is 0 Å². The van der Waals surface area contributed by atoms with Gasteiger partial charge in [-0.1, -0.05) is 44.2 Å². The highest BCUT2D eigenvalue weighted by Crippen LogP contribution is 2.67. The van der Waals surface area contributed by atoms with Crippen molar-refractivity contribution in [1.29, 1.82) is 0 Å². The second-order valence-electron chi connectivity index (χ2n) is 12.1. The van der Waals surface area contributed by atoms with Crippen molar-refractivity contribution in [3.63, 3.8) is 0 Å². The molecular formula is C25H36N2O4.